The molecule has 0 bridgehead atoms. The van der Waals surface area contributed by atoms with Crippen LogP contribution in [0.3, 0.4) is 0 Å². The minimum Gasteiger partial charge on any atom is -0.387 e. The predicted molar refractivity (Wildman–Crippen MR) is 81.3 cm³/mol. The third-order valence-corrected chi connectivity index (χ3v) is 5.92. The van der Waals surface area contributed by atoms with Crippen molar-refractivity contribution in [2.75, 3.05) is 19.7 Å². The Bertz CT molecular complexity index is 495. The standard InChI is InChI=1S/C15H24N2O3S/c1-11-12(21-10-16-11)9-17-6-3-15(4-7-17)13(18)14(2,19)5-8-20-15/h10,13,18-19H,3-9H2,1-2H3/t13-,14+/m0/s1. The zero-order valence-corrected chi connectivity index (χ0v) is 13.5. The molecular formula is C15H24N2O3S. The van der Waals surface area contributed by atoms with Crippen LogP contribution in [0.15, 0.2) is 5.51 Å². The van der Waals surface area contributed by atoms with E-state index in [-0.39, 0.29) is 0 Å². The molecule has 2 aliphatic heterocycles. The Labute approximate surface area is 129 Å². The van der Waals surface area contributed by atoms with Crippen molar-refractivity contribution in [1.29, 1.82) is 0 Å². The fourth-order valence-corrected chi connectivity index (χ4v) is 4.25. The molecule has 6 heteroatoms. The maximum atomic E-state index is 10.5. The molecule has 0 saturated carbocycles. The average Bonchev–Trinajstić information content (AvgIpc) is 2.84. The smallest absolute Gasteiger partial charge is 0.111 e. The van der Waals surface area contributed by atoms with Gasteiger partial charge in [0.1, 0.15) is 6.10 Å². The Hall–Kier alpha value is -0.530. The van der Waals surface area contributed by atoms with Crippen LogP contribution in [0, 0.1) is 6.92 Å². The van der Waals surface area contributed by atoms with Crippen molar-refractivity contribution in [1.82, 2.24) is 9.88 Å². The first-order valence-corrected chi connectivity index (χ1v) is 8.47. The second-order valence-electron chi connectivity index (χ2n) is 6.56. The van der Waals surface area contributed by atoms with Gasteiger partial charge in [0.15, 0.2) is 0 Å². The van der Waals surface area contributed by atoms with Gasteiger partial charge in [0.25, 0.3) is 0 Å². The Morgan fingerprint density at radius 1 is 1.43 bits per heavy atom. The molecule has 3 rings (SSSR count). The number of hydrogen-bond acceptors (Lipinski definition) is 6. The minimum atomic E-state index is -1.03. The van der Waals surface area contributed by atoms with E-state index in [0.717, 1.165) is 38.2 Å². The van der Waals surface area contributed by atoms with E-state index < -0.39 is 17.3 Å². The molecule has 2 fully saturated rings. The summed E-state index contributed by atoms with van der Waals surface area (Å²) < 4.78 is 5.92. The van der Waals surface area contributed by atoms with Gasteiger partial charge >= 0.3 is 0 Å². The number of hydrogen-bond donors (Lipinski definition) is 2. The highest BCUT2D eigenvalue weighted by molar-refractivity contribution is 7.09. The van der Waals surface area contributed by atoms with Crippen LogP contribution in [-0.4, -0.2) is 57.1 Å². The van der Waals surface area contributed by atoms with Gasteiger partial charge in [-0.15, -0.1) is 11.3 Å². The van der Waals surface area contributed by atoms with Crippen molar-refractivity contribution < 1.29 is 14.9 Å². The van der Waals surface area contributed by atoms with Gasteiger partial charge in [0.2, 0.25) is 0 Å². The molecule has 2 atom stereocenters. The third kappa shape index (κ3) is 2.87. The van der Waals surface area contributed by atoms with Crippen LogP contribution in [0.25, 0.3) is 0 Å². The lowest BCUT2D eigenvalue weighted by Crippen LogP contribution is -2.64. The fraction of sp³-hybridized carbons (Fsp3) is 0.800. The van der Waals surface area contributed by atoms with Crippen LogP contribution in [0.5, 0.6) is 0 Å². The molecule has 2 aliphatic rings. The van der Waals surface area contributed by atoms with Crippen molar-refractivity contribution in [3.8, 4) is 0 Å². The highest BCUT2D eigenvalue weighted by Crippen LogP contribution is 2.40. The lowest BCUT2D eigenvalue weighted by Gasteiger charge is -2.51. The minimum absolute atomic E-state index is 0.500. The number of rotatable bonds is 2. The van der Waals surface area contributed by atoms with Gasteiger partial charge in [-0.25, -0.2) is 4.98 Å². The third-order valence-electron chi connectivity index (χ3n) is 5.00. The predicted octanol–water partition coefficient (Wildman–Crippen LogP) is 1.32. The largest absolute Gasteiger partial charge is 0.387 e. The quantitative estimate of drug-likeness (QED) is 0.862. The van der Waals surface area contributed by atoms with Gasteiger partial charge in [-0.3, -0.25) is 4.90 Å². The summed E-state index contributed by atoms with van der Waals surface area (Å²) in [4.78, 5) is 7.98. The first-order valence-electron chi connectivity index (χ1n) is 7.59. The summed E-state index contributed by atoms with van der Waals surface area (Å²) in [5, 5.41) is 20.8. The second kappa shape index (κ2) is 5.59. The number of aryl methyl sites for hydroxylation is 1. The SMILES string of the molecule is Cc1ncsc1CN1CCC2(CC1)OCC[C@@](C)(O)[C@@H]2O. The van der Waals surface area contributed by atoms with E-state index in [2.05, 4.69) is 9.88 Å². The van der Waals surface area contributed by atoms with Gasteiger partial charge in [-0.05, 0) is 26.7 Å². The van der Waals surface area contributed by atoms with Crippen molar-refractivity contribution >= 4 is 11.3 Å². The molecule has 118 valence electrons. The zero-order chi connectivity index (χ0) is 15.1. The lowest BCUT2D eigenvalue weighted by molar-refractivity contribution is -0.246. The molecule has 0 radical (unpaired) electrons. The number of thiazole rings is 1. The number of likely N-dealkylation sites (tertiary alicyclic amines) is 1. The average molecular weight is 312 g/mol. The molecule has 1 spiro atoms. The van der Waals surface area contributed by atoms with E-state index in [9.17, 15) is 10.2 Å². The van der Waals surface area contributed by atoms with E-state index >= 15 is 0 Å². The van der Waals surface area contributed by atoms with Crippen molar-refractivity contribution in [3.63, 3.8) is 0 Å². The fourth-order valence-electron chi connectivity index (χ4n) is 3.43. The van der Waals surface area contributed by atoms with Crippen LogP contribution in [0.4, 0.5) is 0 Å². The number of ether oxygens (including phenoxy) is 1. The van der Waals surface area contributed by atoms with Crippen LogP contribution >= 0.6 is 11.3 Å². The number of aliphatic hydroxyl groups is 2. The molecule has 5 nitrogen and oxygen atoms in total. The van der Waals surface area contributed by atoms with E-state index in [0.29, 0.717) is 13.0 Å². The van der Waals surface area contributed by atoms with Gasteiger partial charge < -0.3 is 14.9 Å². The maximum Gasteiger partial charge on any atom is 0.111 e. The summed E-state index contributed by atoms with van der Waals surface area (Å²) in [6.07, 6.45) is 1.23. The molecule has 21 heavy (non-hydrogen) atoms. The summed E-state index contributed by atoms with van der Waals surface area (Å²) in [7, 11) is 0. The van der Waals surface area contributed by atoms with Gasteiger partial charge in [0, 0.05) is 30.9 Å². The van der Waals surface area contributed by atoms with E-state index in [4.69, 9.17) is 4.74 Å². The second-order valence-corrected chi connectivity index (χ2v) is 7.50. The number of piperidine rings is 1. The van der Waals surface area contributed by atoms with Crippen molar-refractivity contribution in [2.24, 2.45) is 0 Å². The van der Waals surface area contributed by atoms with Gasteiger partial charge in [0.05, 0.1) is 29.0 Å². The zero-order valence-electron chi connectivity index (χ0n) is 12.7. The molecule has 1 aromatic heterocycles. The van der Waals surface area contributed by atoms with E-state index in [1.807, 2.05) is 12.4 Å². The molecule has 0 aliphatic carbocycles. The van der Waals surface area contributed by atoms with Crippen molar-refractivity contribution in [3.05, 3.63) is 16.1 Å². The topological polar surface area (TPSA) is 65.8 Å². The summed E-state index contributed by atoms with van der Waals surface area (Å²) in [5.74, 6) is 0. The molecular weight excluding hydrogens is 288 g/mol. The lowest BCUT2D eigenvalue weighted by atomic mass is 9.75. The van der Waals surface area contributed by atoms with E-state index in [1.165, 1.54) is 4.88 Å². The molecule has 1 aromatic rings. The van der Waals surface area contributed by atoms with Crippen LogP contribution in [-0.2, 0) is 11.3 Å². The highest BCUT2D eigenvalue weighted by atomic mass is 32.1. The Morgan fingerprint density at radius 2 is 2.14 bits per heavy atom. The first-order chi connectivity index (χ1) is 9.93. The normalized spacial score (nSPS) is 33.4. The molecule has 0 amide bonds. The maximum absolute atomic E-state index is 10.5. The summed E-state index contributed by atoms with van der Waals surface area (Å²) in [6, 6.07) is 0. The number of aromatic nitrogens is 1. The first kappa shape index (κ1) is 15.4. The van der Waals surface area contributed by atoms with E-state index in [1.54, 1.807) is 18.3 Å². The number of nitrogens with zero attached hydrogens (tertiary/aromatic N) is 2. The van der Waals surface area contributed by atoms with Gasteiger partial charge in [-0.1, -0.05) is 0 Å². The number of aliphatic hydroxyl groups excluding tert-OH is 1. The molecule has 2 N–H and O–H groups in total. The molecule has 3 heterocycles. The molecule has 0 aromatic carbocycles. The van der Waals surface area contributed by atoms with Crippen LogP contribution < -0.4 is 0 Å². The monoisotopic (exact) mass is 312 g/mol. The summed E-state index contributed by atoms with van der Waals surface area (Å²) >= 11 is 1.70. The molecule has 2 saturated heterocycles. The van der Waals surface area contributed by atoms with Crippen molar-refractivity contribution in [2.45, 2.75) is 57.0 Å². The summed E-state index contributed by atoms with van der Waals surface area (Å²) in [6.45, 7) is 6.96. The Kier molecular flexibility index (Phi) is 4.09. The van der Waals surface area contributed by atoms with Crippen LogP contribution in [0.1, 0.15) is 36.8 Å². The summed E-state index contributed by atoms with van der Waals surface area (Å²) in [5.41, 5.74) is 1.40. The van der Waals surface area contributed by atoms with Gasteiger partial charge in [-0.2, -0.15) is 0 Å². The Morgan fingerprint density at radius 3 is 2.76 bits per heavy atom. The highest BCUT2D eigenvalue weighted by Gasteiger charge is 2.52. The molecule has 0 unspecified atom stereocenters. The van der Waals surface area contributed by atoms with Crippen LogP contribution in [0.2, 0.25) is 0 Å². The Balaban J connectivity index is 1.63.